The zero-order valence-corrected chi connectivity index (χ0v) is 13.2. The minimum Gasteiger partial charge on any atom is -0.382 e. The second kappa shape index (κ2) is 4.91. The third kappa shape index (κ3) is 1.79. The summed E-state index contributed by atoms with van der Waals surface area (Å²) in [5.41, 5.74) is 7.50. The van der Waals surface area contributed by atoms with Gasteiger partial charge in [-0.05, 0) is 54.9 Å². The van der Waals surface area contributed by atoms with Crippen LogP contribution in [0.2, 0.25) is 0 Å². The molecule has 2 aliphatic carbocycles. The largest absolute Gasteiger partial charge is 0.382 e. The molecule has 0 bridgehead atoms. The molecule has 5 rings (SSSR count). The van der Waals surface area contributed by atoms with Gasteiger partial charge in [-0.3, -0.25) is 0 Å². The molecule has 2 heteroatoms. The maximum atomic E-state index is 3.60. The zero-order chi connectivity index (χ0) is 14.5. The molecule has 0 amide bonds. The Bertz CT molecular complexity index is 760. The maximum absolute atomic E-state index is 3.60. The Hall–Kier alpha value is -1.70. The highest BCUT2D eigenvalue weighted by molar-refractivity contribution is 5.91. The Morgan fingerprint density at radius 1 is 1.09 bits per heavy atom. The number of benzene rings is 1. The molecule has 0 unspecified atom stereocenters. The zero-order valence-electron chi connectivity index (χ0n) is 13.2. The molecule has 2 nitrogen and oxygen atoms in total. The van der Waals surface area contributed by atoms with Gasteiger partial charge in [0.15, 0.2) is 0 Å². The molecule has 0 saturated heterocycles. The van der Waals surface area contributed by atoms with E-state index in [0.717, 1.165) is 19.0 Å². The molecule has 1 aromatic heterocycles. The van der Waals surface area contributed by atoms with Crippen LogP contribution in [-0.4, -0.2) is 11.1 Å². The predicted octanol–water partition coefficient (Wildman–Crippen LogP) is 4.58. The van der Waals surface area contributed by atoms with E-state index in [1.807, 2.05) is 0 Å². The van der Waals surface area contributed by atoms with Crippen LogP contribution in [0.4, 0.5) is 0 Å². The topological polar surface area (TPSA) is 17.0 Å². The molecule has 114 valence electrons. The molecule has 22 heavy (non-hydrogen) atoms. The van der Waals surface area contributed by atoms with Gasteiger partial charge in [0, 0.05) is 24.0 Å². The summed E-state index contributed by atoms with van der Waals surface area (Å²) in [6, 6.07) is 7.36. The molecular weight excluding hydrogens is 268 g/mol. The van der Waals surface area contributed by atoms with E-state index >= 15 is 0 Å². The number of nitrogens with one attached hydrogen (secondary N) is 1. The molecule has 2 heterocycles. The molecule has 1 aromatic carbocycles. The Labute approximate surface area is 132 Å². The summed E-state index contributed by atoms with van der Waals surface area (Å²) in [6.07, 6.45) is 11.8. The number of fused-ring (bicyclic) bond motifs is 3. The monoisotopic (exact) mass is 292 g/mol. The summed E-state index contributed by atoms with van der Waals surface area (Å²) in [7, 11) is 0. The van der Waals surface area contributed by atoms with Crippen molar-refractivity contribution < 1.29 is 0 Å². The average molecular weight is 292 g/mol. The Morgan fingerprint density at radius 2 is 2.00 bits per heavy atom. The van der Waals surface area contributed by atoms with Gasteiger partial charge in [-0.2, -0.15) is 0 Å². The van der Waals surface area contributed by atoms with Crippen LogP contribution in [0.5, 0.6) is 0 Å². The number of nitrogens with zero attached hydrogens (tertiary/aromatic N) is 1. The van der Waals surface area contributed by atoms with Crippen molar-refractivity contribution in [3.05, 3.63) is 41.1 Å². The van der Waals surface area contributed by atoms with E-state index in [1.54, 1.807) is 11.1 Å². The highest BCUT2D eigenvalue weighted by atomic mass is 15.1. The lowest BCUT2D eigenvalue weighted by molar-refractivity contribution is 0.444. The molecule has 2 aromatic rings. The number of aryl methyl sites for hydroxylation is 1. The van der Waals surface area contributed by atoms with E-state index in [-0.39, 0.29) is 0 Å². The van der Waals surface area contributed by atoms with Gasteiger partial charge in [0.25, 0.3) is 0 Å². The quantitative estimate of drug-likeness (QED) is 0.814. The van der Waals surface area contributed by atoms with Gasteiger partial charge in [-0.25, -0.2) is 0 Å². The second-order valence-electron chi connectivity index (χ2n) is 7.17. The lowest BCUT2D eigenvalue weighted by Crippen LogP contribution is -2.28. The van der Waals surface area contributed by atoms with Crippen LogP contribution < -0.4 is 5.32 Å². The van der Waals surface area contributed by atoms with Crippen LogP contribution in [0, 0.1) is 0 Å². The van der Waals surface area contributed by atoms with Crippen LogP contribution in [0.25, 0.3) is 16.6 Å². The first-order valence-electron chi connectivity index (χ1n) is 9.01. The van der Waals surface area contributed by atoms with Crippen molar-refractivity contribution in [2.45, 2.75) is 57.4 Å². The van der Waals surface area contributed by atoms with Gasteiger partial charge < -0.3 is 9.88 Å². The Kier molecular flexibility index (Phi) is 2.86. The van der Waals surface area contributed by atoms with Crippen molar-refractivity contribution in [1.29, 1.82) is 0 Å². The van der Waals surface area contributed by atoms with Gasteiger partial charge in [0.05, 0.1) is 11.4 Å². The van der Waals surface area contributed by atoms with E-state index in [0.29, 0.717) is 0 Å². The summed E-state index contributed by atoms with van der Waals surface area (Å²) < 4.78 is 2.55. The molecule has 1 aliphatic heterocycles. The van der Waals surface area contributed by atoms with Crippen molar-refractivity contribution in [3.8, 4) is 0 Å². The van der Waals surface area contributed by atoms with Gasteiger partial charge in [-0.15, -0.1) is 0 Å². The summed E-state index contributed by atoms with van der Waals surface area (Å²) in [6.45, 7) is 2.17. The molecule has 0 atom stereocenters. The van der Waals surface area contributed by atoms with Crippen LogP contribution in [0.3, 0.4) is 0 Å². The fourth-order valence-corrected chi connectivity index (χ4v) is 4.84. The highest BCUT2D eigenvalue weighted by Gasteiger charge is 2.26. The summed E-state index contributed by atoms with van der Waals surface area (Å²) in [5, 5.41) is 5.13. The van der Waals surface area contributed by atoms with Crippen molar-refractivity contribution in [2.75, 3.05) is 6.54 Å². The normalized spacial score (nSPS) is 21.4. The number of rotatable bonds is 1. The van der Waals surface area contributed by atoms with E-state index in [1.165, 1.54) is 67.2 Å². The van der Waals surface area contributed by atoms with Crippen LogP contribution >= 0.6 is 0 Å². The van der Waals surface area contributed by atoms with Crippen LogP contribution in [0.15, 0.2) is 24.3 Å². The second-order valence-corrected chi connectivity index (χ2v) is 7.17. The van der Waals surface area contributed by atoms with Crippen molar-refractivity contribution in [3.63, 3.8) is 0 Å². The van der Waals surface area contributed by atoms with E-state index in [2.05, 4.69) is 34.2 Å². The molecule has 1 fully saturated rings. The Morgan fingerprint density at radius 3 is 2.91 bits per heavy atom. The van der Waals surface area contributed by atoms with E-state index in [9.17, 15) is 0 Å². The fraction of sp³-hybridized carbons (Fsp3) is 0.500. The average Bonchev–Trinajstić information content (AvgIpc) is 2.92. The SMILES string of the molecule is C1=C2NCCn3c2c(c2cc(C4CCCCC4)ccc23)CC1. The van der Waals surface area contributed by atoms with Crippen LogP contribution in [-0.2, 0) is 13.0 Å². The minimum absolute atomic E-state index is 0.805. The fourth-order valence-electron chi connectivity index (χ4n) is 4.84. The predicted molar refractivity (Wildman–Crippen MR) is 92.1 cm³/mol. The lowest BCUT2D eigenvalue weighted by atomic mass is 9.83. The van der Waals surface area contributed by atoms with Crippen LogP contribution in [0.1, 0.15) is 61.3 Å². The molecule has 3 aliphatic rings. The van der Waals surface area contributed by atoms with E-state index in [4.69, 9.17) is 0 Å². The number of allylic oxidation sites excluding steroid dienone is 1. The molecule has 0 radical (unpaired) electrons. The number of hydrogen-bond donors (Lipinski definition) is 1. The third-order valence-corrected chi connectivity index (χ3v) is 5.92. The molecule has 1 N–H and O–H groups in total. The lowest BCUT2D eigenvalue weighted by Gasteiger charge is -2.25. The summed E-state index contributed by atoms with van der Waals surface area (Å²) in [5.74, 6) is 0.805. The van der Waals surface area contributed by atoms with Gasteiger partial charge >= 0.3 is 0 Å². The smallest absolute Gasteiger partial charge is 0.0683 e. The molecular formula is C20H24N2. The first-order valence-corrected chi connectivity index (χ1v) is 9.01. The van der Waals surface area contributed by atoms with Gasteiger partial charge in [0.1, 0.15) is 0 Å². The molecule has 1 saturated carbocycles. The first kappa shape index (κ1) is 12.8. The Balaban J connectivity index is 1.68. The minimum atomic E-state index is 0.805. The van der Waals surface area contributed by atoms with Crippen molar-refractivity contribution in [2.24, 2.45) is 0 Å². The number of hydrogen-bond acceptors (Lipinski definition) is 1. The summed E-state index contributed by atoms with van der Waals surface area (Å²) >= 11 is 0. The number of aromatic nitrogens is 1. The van der Waals surface area contributed by atoms with Gasteiger partial charge in [0.2, 0.25) is 0 Å². The molecule has 0 spiro atoms. The first-order chi connectivity index (χ1) is 10.9. The third-order valence-electron chi connectivity index (χ3n) is 5.92. The van der Waals surface area contributed by atoms with Crippen molar-refractivity contribution in [1.82, 2.24) is 9.88 Å². The highest BCUT2D eigenvalue weighted by Crippen LogP contribution is 2.39. The maximum Gasteiger partial charge on any atom is 0.0683 e. The summed E-state index contributed by atoms with van der Waals surface area (Å²) in [4.78, 5) is 0. The van der Waals surface area contributed by atoms with Crippen molar-refractivity contribution >= 4 is 16.6 Å². The van der Waals surface area contributed by atoms with Gasteiger partial charge in [-0.1, -0.05) is 31.4 Å². The van der Waals surface area contributed by atoms with E-state index < -0.39 is 0 Å². The standard InChI is InChI=1S/C20H24N2/c1-2-5-14(6-3-1)15-9-10-19-17(13-15)16-7-4-8-18-20(16)22(19)12-11-21-18/h8-10,13-14,21H,1-7,11-12H2.